The van der Waals surface area contributed by atoms with Gasteiger partial charge in [0.15, 0.2) is 6.10 Å². The highest BCUT2D eigenvalue weighted by atomic mass is 19.4. The average molecular weight is 507 g/mol. The minimum Gasteiger partial charge on any atom is -0.432 e. The average Bonchev–Trinajstić information content (AvgIpc) is 3.09. The molecule has 0 aromatic heterocycles. The number of hydrogen-bond donors (Lipinski definition) is 0. The summed E-state index contributed by atoms with van der Waals surface area (Å²) in [5.74, 6) is -2.90. The predicted octanol–water partition coefficient (Wildman–Crippen LogP) is 4.16. The number of esters is 1. The maximum Gasteiger partial charge on any atom is 0.573 e. The topological polar surface area (TPSA) is 68.3 Å². The van der Waals surface area contributed by atoms with Crippen molar-refractivity contribution in [3.05, 3.63) is 60.2 Å². The first-order valence-corrected chi connectivity index (χ1v) is 11.8. The van der Waals surface area contributed by atoms with Crippen LogP contribution in [0, 0.1) is 5.92 Å². The van der Waals surface area contributed by atoms with Gasteiger partial charge >= 0.3 is 12.3 Å². The molecule has 2 aliphatic heterocycles. The molecule has 2 saturated heterocycles. The van der Waals surface area contributed by atoms with Gasteiger partial charge in [-0.2, -0.15) is 0 Å². The molecule has 0 spiro atoms. The second-order valence-electron chi connectivity index (χ2n) is 9.52. The Morgan fingerprint density at radius 2 is 1.78 bits per heavy atom. The van der Waals surface area contributed by atoms with Gasteiger partial charge in [-0.15, -0.1) is 13.2 Å². The van der Waals surface area contributed by atoms with Crippen LogP contribution in [0.1, 0.15) is 26.3 Å². The van der Waals surface area contributed by atoms with Gasteiger partial charge in [-0.1, -0.05) is 30.3 Å². The fourth-order valence-corrected chi connectivity index (χ4v) is 4.71. The number of halogens is 3. The predicted molar refractivity (Wildman–Crippen MR) is 125 cm³/mol. The summed E-state index contributed by atoms with van der Waals surface area (Å²) in [5, 5.41) is 0. The summed E-state index contributed by atoms with van der Waals surface area (Å²) in [6.07, 6.45) is -5.44. The number of anilines is 1. The summed E-state index contributed by atoms with van der Waals surface area (Å²) < 4.78 is 52.5. The highest BCUT2D eigenvalue weighted by molar-refractivity contribution is 5.88. The van der Waals surface area contributed by atoms with E-state index in [1.807, 2.05) is 42.2 Å². The van der Waals surface area contributed by atoms with Crippen molar-refractivity contribution in [1.29, 1.82) is 0 Å². The van der Waals surface area contributed by atoms with E-state index in [-0.39, 0.29) is 17.7 Å². The molecule has 0 saturated carbocycles. The van der Waals surface area contributed by atoms with E-state index in [1.165, 1.54) is 12.1 Å². The van der Waals surface area contributed by atoms with Gasteiger partial charge in [0.25, 0.3) is 0 Å². The standard InChI is InChI=1S/C26H29F3N2O5/c1-17-16-30(19-9-11-20(12-10-19)34-26(27,28)29)13-14-31(17)23(32)21(15-18-7-5-4-6-8-18)22-24(33)36-25(2,3)35-22/h4-12,17,21-22H,13-16H2,1-3H3/t17-,21+,22+/m1/s1. The van der Waals surface area contributed by atoms with Crippen molar-refractivity contribution >= 4 is 17.6 Å². The monoisotopic (exact) mass is 506 g/mol. The zero-order chi connectivity index (χ0) is 26.1. The second-order valence-corrected chi connectivity index (χ2v) is 9.52. The third-order valence-electron chi connectivity index (χ3n) is 6.32. The molecule has 0 N–H and O–H groups in total. The zero-order valence-corrected chi connectivity index (χ0v) is 20.3. The Morgan fingerprint density at radius 3 is 2.33 bits per heavy atom. The lowest BCUT2D eigenvalue weighted by molar-refractivity contribution is -0.274. The number of benzene rings is 2. The Kier molecular flexibility index (Phi) is 7.17. The lowest BCUT2D eigenvalue weighted by Crippen LogP contribution is -2.57. The van der Waals surface area contributed by atoms with Gasteiger partial charge in [-0.3, -0.25) is 4.79 Å². The maximum atomic E-state index is 13.8. The van der Waals surface area contributed by atoms with Crippen LogP contribution < -0.4 is 9.64 Å². The molecule has 0 bridgehead atoms. The van der Waals surface area contributed by atoms with Gasteiger partial charge in [0.2, 0.25) is 11.7 Å². The van der Waals surface area contributed by atoms with Crippen LogP contribution in [0.3, 0.4) is 0 Å². The minimum atomic E-state index is -4.75. The van der Waals surface area contributed by atoms with Crippen molar-refractivity contribution in [2.24, 2.45) is 5.92 Å². The molecule has 0 aliphatic carbocycles. The normalized spacial score (nSPS) is 22.8. The van der Waals surface area contributed by atoms with Crippen LogP contribution in [0.5, 0.6) is 5.75 Å². The molecule has 0 radical (unpaired) electrons. The van der Waals surface area contributed by atoms with Crippen LogP contribution in [0.15, 0.2) is 54.6 Å². The van der Waals surface area contributed by atoms with Gasteiger partial charge in [-0.25, -0.2) is 4.79 Å². The van der Waals surface area contributed by atoms with Crippen LogP contribution >= 0.6 is 0 Å². The first-order valence-electron chi connectivity index (χ1n) is 11.8. The molecule has 2 heterocycles. The van der Waals surface area contributed by atoms with E-state index >= 15 is 0 Å². The Morgan fingerprint density at radius 1 is 1.11 bits per heavy atom. The van der Waals surface area contributed by atoms with Crippen molar-refractivity contribution in [1.82, 2.24) is 4.90 Å². The number of amides is 1. The second kappa shape index (κ2) is 10.0. The molecule has 3 atom stereocenters. The SMILES string of the molecule is C[C@@H]1CN(c2ccc(OC(F)(F)F)cc2)CCN1C(=O)[C@@H](Cc1ccccc1)[C@@H]1OC(C)(C)OC1=O. The lowest BCUT2D eigenvalue weighted by Gasteiger charge is -2.42. The van der Waals surface area contributed by atoms with E-state index < -0.39 is 30.1 Å². The number of carbonyl (C=O) groups excluding carboxylic acids is 2. The summed E-state index contributed by atoms with van der Waals surface area (Å²) in [7, 11) is 0. The molecule has 0 unspecified atom stereocenters. The quantitative estimate of drug-likeness (QED) is 0.549. The molecule has 2 aromatic carbocycles. The van der Waals surface area contributed by atoms with E-state index in [4.69, 9.17) is 9.47 Å². The molecular weight excluding hydrogens is 477 g/mol. The maximum absolute atomic E-state index is 13.8. The van der Waals surface area contributed by atoms with Crippen LogP contribution in [0.25, 0.3) is 0 Å². The van der Waals surface area contributed by atoms with Gasteiger partial charge in [0.1, 0.15) is 5.75 Å². The van der Waals surface area contributed by atoms with Crippen LogP contribution in [0.4, 0.5) is 18.9 Å². The highest BCUT2D eigenvalue weighted by Gasteiger charge is 2.49. The smallest absolute Gasteiger partial charge is 0.432 e. The van der Waals surface area contributed by atoms with E-state index in [9.17, 15) is 22.8 Å². The number of rotatable bonds is 6. The number of nitrogens with zero attached hydrogens (tertiary/aromatic N) is 2. The Hall–Kier alpha value is -3.27. The molecule has 1 amide bonds. The minimum absolute atomic E-state index is 0.195. The van der Waals surface area contributed by atoms with Gasteiger partial charge < -0.3 is 24.0 Å². The zero-order valence-electron chi connectivity index (χ0n) is 20.3. The van der Waals surface area contributed by atoms with Gasteiger partial charge in [0, 0.05) is 45.2 Å². The van der Waals surface area contributed by atoms with Crippen molar-refractivity contribution in [3.8, 4) is 5.75 Å². The fourth-order valence-electron chi connectivity index (χ4n) is 4.71. The molecule has 7 nitrogen and oxygen atoms in total. The molecule has 36 heavy (non-hydrogen) atoms. The summed E-state index contributed by atoms with van der Waals surface area (Å²) in [6, 6.07) is 14.9. The first-order chi connectivity index (χ1) is 16.9. The van der Waals surface area contributed by atoms with Gasteiger partial charge in [0.05, 0.1) is 5.92 Å². The van der Waals surface area contributed by atoms with E-state index in [2.05, 4.69) is 4.74 Å². The number of cyclic esters (lactones) is 1. The van der Waals surface area contributed by atoms with E-state index in [1.54, 1.807) is 30.9 Å². The molecule has 2 aliphatic rings. The van der Waals surface area contributed by atoms with Crippen LogP contribution in [0.2, 0.25) is 0 Å². The molecule has 2 fully saturated rings. The fraction of sp³-hybridized carbons (Fsp3) is 0.462. The van der Waals surface area contributed by atoms with E-state index in [0.717, 1.165) is 11.3 Å². The van der Waals surface area contributed by atoms with E-state index in [0.29, 0.717) is 26.1 Å². The Balaban J connectivity index is 1.47. The largest absolute Gasteiger partial charge is 0.573 e. The molecule has 2 aromatic rings. The summed E-state index contributed by atoms with van der Waals surface area (Å²) >= 11 is 0. The van der Waals surface area contributed by atoms with Crippen molar-refractivity contribution < 1.29 is 37.0 Å². The van der Waals surface area contributed by atoms with Crippen molar-refractivity contribution in [2.45, 2.75) is 51.5 Å². The summed E-state index contributed by atoms with van der Waals surface area (Å²) in [6.45, 7) is 6.53. The molecule has 194 valence electrons. The summed E-state index contributed by atoms with van der Waals surface area (Å²) in [4.78, 5) is 30.2. The number of hydrogen-bond acceptors (Lipinski definition) is 6. The number of alkyl halides is 3. The lowest BCUT2D eigenvalue weighted by atomic mass is 9.91. The number of ether oxygens (including phenoxy) is 3. The van der Waals surface area contributed by atoms with Crippen molar-refractivity contribution in [3.63, 3.8) is 0 Å². The number of piperazine rings is 1. The highest BCUT2D eigenvalue weighted by Crippen LogP contribution is 2.32. The first kappa shape index (κ1) is 25.8. The third kappa shape index (κ3) is 6.10. The van der Waals surface area contributed by atoms with Crippen molar-refractivity contribution in [2.75, 3.05) is 24.5 Å². The number of carbonyl (C=O) groups is 2. The molecule has 10 heteroatoms. The Bertz CT molecular complexity index is 1080. The Labute approximate surface area is 207 Å². The summed E-state index contributed by atoms with van der Waals surface area (Å²) in [5.41, 5.74) is 1.64. The van der Waals surface area contributed by atoms with Crippen LogP contribution in [-0.2, 0) is 25.5 Å². The third-order valence-corrected chi connectivity index (χ3v) is 6.32. The molecule has 4 rings (SSSR count). The van der Waals surface area contributed by atoms with Crippen LogP contribution in [-0.4, -0.2) is 60.7 Å². The molecular formula is C26H29F3N2O5. The van der Waals surface area contributed by atoms with Gasteiger partial charge in [-0.05, 0) is 43.2 Å².